The molecule has 0 radical (unpaired) electrons. The number of rotatable bonds is 2. The summed E-state index contributed by atoms with van der Waals surface area (Å²) >= 11 is 0. The molecule has 0 aliphatic rings. The number of carboxylic acids is 2. The fourth-order valence-electron chi connectivity index (χ4n) is 2.30. The molecule has 0 saturated heterocycles. The molecular weight excluding hydrogens is 507 g/mol. The zero-order valence-corrected chi connectivity index (χ0v) is 21.2. The molecule has 0 aromatic heterocycles. The molecule has 4 rings (SSSR count). The number of hydrogen-bond acceptors (Lipinski definition) is 9. The largest absolute Gasteiger partial charge is 0.478 e. The number of anilines is 6. The molecule has 200 valence electrons. The Morgan fingerprint density at radius 1 is 0.553 bits per heavy atom. The van der Waals surface area contributed by atoms with Crippen molar-refractivity contribution in [2.24, 2.45) is 0 Å². The number of carboxylic acid groups (broad SMARTS) is 2. The first-order valence-electron chi connectivity index (χ1n) is 11.0. The molecule has 38 heavy (non-hydrogen) atoms. The van der Waals surface area contributed by atoms with E-state index in [0.717, 1.165) is 5.69 Å². The standard InChI is InChI=1S/C7H8N2O2.C7H7NO2.C6H8N2.C6H7N.HOP/c8-5-2-1-4(7(10)11)3-6(5)9;8-6-3-1-5(2-4-6)7(9)10;7-5-3-1-2-4-6(5)8;7-6-4-2-1-3-5-6;1-2/h1-3H,8-9H2,(H,10,11);1-4H,8H2,(H,9,10);1-4H,7-8H2;1-5H,7H2;2H/i;;;;2D. The third kappa shape index (κ3) is 13.6. The quantitative estimate of drug-likeness (QED) is 0.133. The van der Waals surface area contributed by atoms with Gasteiger partial charge in [-0.15, -0.1) is 0 Å². The molecule has 0 aliphatic heterocycles. The second-order valence-electron chi connectivity index (χ2n) is 7.12. The first kappa shape index (κ1) is 30.8. The SMILES string of the molecule is Nc1ccc(C(=O)O)cc1.Nc1ccc(C(=O)O)cc1N.Nc1ccccc1.Nc1ccccc1N.[2H]P=O. The van der Waals surface area contributed by atoms with Crippen LogP contribution in [0.3, 0.4) is 0 Å². The summed E-state index contributed by atoms with van der Waals surface area (Å²) in [4.78, 5) is 20.6. The Morgan fingerprint density at radius 3 is 1.26 bits per heavy atom. The summed E-state index contributed by atoms with van der Waals surface area (Å²) in [7, 11) is -0.583. The van der Waals surface area contributed by atoms with Crippen LogP contribution in [-0.4, -0.2) is 23.4 Å². The van der Waals surface area contributed by atoms with Gasteiger partial charge in [-0.1, -0.05) is 30.3 Å². The van der Waals surface area contributed by atoms with E-state index in [2.05, 4.69) is 0 Å². The zero-order chi connectivity index (χ0) is 29.8. The van der Waals surface area contributed by atoms with Gasteiger partial charge in [0.05, 0.1) is 33.9 Å². The van der Waals surface area contributed by atoms with Crippen molar-refractivity contribution in [2.75, 3.05) is 34.4 Å². The van der Waals surface area contributed by atoms with Crippen LogP contribution in [-0.2, 0) is 4.57 Å². The summed E-state index contributed by atoms with van der Waals surface area (Å²) in [5, 5.41) is 16.9. The van der Waals surface area contributed by atoms with E-state index in [0.29, 0.717) is 28.4 Å². The molecule has 0 unspecified atom stereocenters. The third-order valence-corrected chi connectivity index (χ3v) is 4.29. The summed E-state index contributed by atoms with van der Waals surface area (Å²) in [5.41, 5.74) is 36.0. The highest BCUT2D eigenvalue weighted by Gasteiger charge is 2.03. The second-order valence-corrected chi connectivity index (χ2v) is 7.12. The van der Waals surface area contributed by atoms with Gasteiger partial charge in [-0.3, -0.25) is 4.57 Å². The predicted molar refractivity (Wildman–Crippen MR) is 155 cm³/mol. The topological polar surface area (TPSA) is 248 Å². The van der Waals surface area contributed by atoms with Crippen LogP contribution in [0.4, 0.5) is 34.1 Å². The van der Waals surface area contributed by atoms with Crippen LogP contribution in [0.25, 0.3) is 0 Å². The van der Waals surface area contributed by atoms with Crippen molar-refractivity contribution < 1.29 is 24.4 Å². The Kier molecular flexibility index (Phi) is 14.6. The smallest absolute Gasteiger partial charge is 0.335 e. The molecule has 12 heteroatoms. The molecule has 0 aliphatic carbocycles. The highest BCUT2D eigenvalue weighted by atomic mass is 31.0. The lowest BCUT2D eigenvalue weighted by Gasteiger charge is -1.99. The minimum atomic E-state index is -1.00. The number of benzene rings is 4. The Bertz CT molecular complexity index is 1290. The molecule has 14 N–H and O–H groups in total. The average Bonchev–Trinajstić information content (AvgIpc) is 2.90. The molecule has 0 heterocycles. The molecule has 11 nitrogen and oxygen atoms in total. The first-order chi connectivity index (χ1) is 18.4. The Hall–Kier alpha value is -5.28. The number of para-hydroxylation sites is 3. The van der Waals surface area contributed by atoms with Gasteiger partial charge in [0.15, 0.2) is 0 Å². The maximum Gasteiger partial charge on any atom is 0.335 e. The summed E-state index contributed by atoms with van der Waals surface area (Å²) in [6.07, 6.45) is 0. The van der Waals surface area contributed by atoms with Gasteiger partial charge in [0.2, 0.25) is 0 Å². The van der Waals surface area contributed by atoms with Gasteiger partial charge < -0.3 is 44.6 Å². The van der Waals surface area contributed by atoms with Crippen molar-refractivity contribution in [3.8, 4) is 0 Å². The summed E-state index contributed by atoms with van der Waals surface area (Å²) in [5.74, 6) is -1.93. The Balaban J connectivity index is 0.000000483. The second kappa shape index (κ2) is 18.1. The van der Waals surface area contributed by atoms with E-state index in [1.54, 1.807) is 24.3 Å². The van der Waals surface area contributed by atoms with Crippen molar-refractivity contribution in [1.29, 1.82) is 1.28 Å². The number of carbonyl (C=O) groups is 2. The summed E-state index contributed by atoms with van der Waals surface area (Å²) in [6.45, 7) is 0. The zero-order valence-electron chi connectivity index (χ0n) is 21.3. The van der Waals surface area contributed by atoms with Gasteiger partial charge in [-0.05, 0) is 66.7 Å². The monoisotopic (exact) mass is 539 g/mol. The van der Waals surface area contributed by atoms with Gasteiger partial charge >= 0.3 is 11.9 Å². The van der Waals surface area contributed by atoms with Crippen LogP contribution in [0.2, 0.25) is 0 Å². The fraction of sp³-hybridized carbons (Fsp3) is 0. The van der Waals surface area contributed by atoms with E-state index < -0.39 is 21.0 Å². The summed E-state index contributed by atoms with van der Waals surface area (Å²) in [6, 6.07) is 27.0. The lowest BCUT2D eigenvalue weighted by atomic mass is 10.2. The highest BCUT2D eigenvalue weighted by molar-refractivity contribution is 7.00. The third-order valence-electron chi connectivity index (χ3n) is 4.29. The van der Waals surface area contributed by atoms with Crippen LogP contribution in [0.15, 0.2) is 97.1 Å². The van der Waals surface area contributed by atoms with Gasteiger partial charge in [-0.25, -0.2) is 9.59 Å². The predicted octanol–water partition coefficient (Wildman–Crippen LogP) is 4.11. The van der Waals surface area contributed by atoms with Crippen molar-refractivity contribution in [3.63, 3.8) is 0 Å². The van der Waals surface area contributed by atoms with Crippen molar-refractivity contribution in [3.05, 3.63) is 108 Å². The Labute approximate surface area is 223 Å². The first-order valence-corrected chi connectivity index (χ1v) is 10.9. The number of aromatic carboxylic acids is 2. The van der Waals surface area contributed by atoms with Crippen LogP contribution < -0.4 is 34.4 Å². The van der Waals surface area contributed by atoms with E-state index >= 15 is 0 Å². The molecular formula is C26H31N6O5P. The van der Waals surface area contributed by atoms with Crippen molar-refractivity contribution in [1.82, 2.24) is 0 Å². The number of nitrogen functional groups attached to an aromatic ring is 6. The van der Waals surface area contributed by atoms with Crippen LogP contribution in [0.5, 0.6) is 0 Å². The van der Waals surface area contributed by atoms with Gasteiger partial charge in [0.25, 0.3) is 0 Å². The van der Waals surface area contributed by atoms with Crippen LogP contribution >= 0.6 is 9.06 Å². The molecule has 4 aromatic carbocycles. The Morgan fingerprint density at radius 2 is 0.921 bits per heavy atom. The molecule has 0 saturated carbocycles. The molecule has 4 aromatic rings. The van der Waals surface area contributed by atoms with E-state index in [1.807, 2.05) is 42.5 Å². The number of nitrogens with two attached hydrogens (primary N) is 6. The molecule has 0 fully saturated rings. The number of hydrogen-bond donors (Lipinski definition) is 8. The van der Waals surface area contributed by atoms with Crippen molar-refractivity contribution >= 4 is 55.1 Å². The van der Waals surface area contributed by atoms with E-state index in [9.17, 15) is 9.59 Å². The van der Waals surface area contributed by atoms with Gasteiger partial charge in [0.1, 0.15) is 10.3 Å². The van der Waals surface area contributed by atoms with Crippen LogP contribution in [0.1, 0.15) is 20.7 Å². The average molecular weight is 540 g/mol. The van der Waals surface area contributed by atoms with Gasteiger partial charge in [-0.2, -0.15) is 0 Å². The van der Waals surface area contributed by atoms with E-state index in [1.165, 1.54) is 30.3 Å². The molecule has 0 amide bonds. The van der Waals surface area contributed by atoms with Crippen LogP contribution in [0, 0.1) is 0 Å². The van der Waals surface area contributed by atoms with Crippen molar-refractivity contribution in [2.45, 2.75) is 0 Å². The highest BCUT2D eigenvalue weighted by Crippen LogP contribution is 2.15. The maximum absolute atomic E-state index is 10.4. The lowest BCUT2D eigenvalue weighted by Crippen LogP contribution is -2.00. The van der Waals surface area contributed by atoms with E-state index in [-0.39, 0.29) is 11.1 Å². The minimum Gasteiger partial charge on any atom is -0.478 e. The lowest BCUT2D eigenvalue weighted by molar-refractivity contribution is 0.0686. The minimum absolute atomic E-state index is 0.150. The normalized spacial score (nSPS) is 9.21. The molecule has 0 atom stereocenters. The van der Waals surface area contributed by atoms with Gasteiger partial charge in [0, 0.05) is 11.4 Å². The fourth-order valence-corrected chi connectivity index (χ4v) is 2.30. The summed E-state index contributed by atoms with van der Waals surface area (Å²) < 4.78 is 14.2. The molecule has 0 bridgehead atoms. The molecule has 0 spiro atoms. The van der Waals surface area contributed by atoms with E-state index in [4.69, 9.17) is 50.5 Å². The maximum atomic E-state index is 10.4.